The van der Waals surface area contributed by atoms with Gasteiger partial charge in [0.25, 0.3) is 0 Å². The van der Waals surface area contributed by atoms with E-state index in [4.69, 9.17) is 9.47 Å². The van der Waals surface area contributed by atoms with Crippen LogP contribution < -0.4 is 21.3 Å². The van der Waals surface area contributed by atoms with Crippen molar-refractivity contribution in [3.8, 4) is 5.75 Å². The number of phenols is 1. The number of carbonyl (C=O) groups excluding carboxylic acids is 5. The number of hydrogen-bond acceptors (Lipinski definition) is 8. The molecule has 0 radical (unpaired) electrons. The molecule has 0 aromatic heterocycles. The van der Waals surface area contributed by atoms with Crippen LogP contribution in [0.5, 0.6) is 5.75 Å². The van der Waals surface area contributed by atoms with Gasteiger partial charge in [0, 0.05) is 19.3 Å². The number of phenolic OH excluding ortho intramolecular Hbond substituents is 1. The molecule has 0 fully saturated rings. The van der Waals surface area contributed by atoms with Crippen LogP contribution in [0.1, 0.15) is 44.4 Å². The van der Waals surface area contributed by atoms with Crippen molar-refractivity contribution in [1.29, 1.82) is 0 Å². The van der Waals surface area contributed by atoms with E-state index in [0.717, 1.165) is 11.1 Å². The normalized spacial score (nSPS) is 12.8. The summed E-state index contributed by atoms with van der Waals surface area (Å²) >= 11 is 0. The van der Waals surface area contributed by atoms with E-state index in [2.05, 4.69) is 21.3 Å². The molecule has 0 aliphatic heterocycles. The summed E-state index contributed by atoms with van der Waals surface area (Å²) in [4.78, 5) is 65.5. The van der Waals surface area contributed by atoms with Gasteiger partial charge in [0.15, 0.2) is 0 Å². The van der Waals surface area contributed by atoms with E-state index >= 15 is 0 Å². The highest BCUT2D eigenvalue weighted by atomic mass is 16.6. The molecule has 3 aromatic rings. The second-order valence-corrected chi connectivity index (χ2v) is 12.1. The maximum Gasteiger partial charge on any atom is 0.408 e. The number of hydrogen-bond donors (Lipinski definition) is 5. The van der Waals surface area contributed by atoms with E-state index in [1.54, 1.807) is 88.4 Å². The molecule has 0 bridgehead atoms. The Morgan fingerprint density at radius 1 is 0.667 bits per heavy atom. The summed E-state index contributed by atoms with van der Waals surface area (Å²) in [5, 5.41) is 20.2. The fraction of sp³-hybridized carbons (Fsp3) is 0.361. The minimum absolute atomic E-state index is 0.0545. The summed E-state index contributed by atoms with van der Waals surface area (Å²) in [5.74, 6) is -2.53. The molecule has 0 saturated heterocycles. The molecule has 0 heterocycles. The van der Waals surface area contributed by atoms with Gasteiger partial charge in [-0.1, -0.05) is 72.8 Å². The van der Waals surface area contributed by atoms with Gasteiger partial charge < -0.3 is 35.8 Å². The molecule has 12 nitrogen and oxygen atoms in total. The Balaban J connectivity index is 1.83. The molecule has 12 heteroatoms. The van der Waals surface area contributed by atoms with E-state index in [1.807, 2.05) is 12.1 Å². The zero-order valence-electron chi connectivity index (χ0n) is 27.7. The Bertz CT molecular complexity index is 1510. The van der Waals surface area contributed by atoms with Crippen molar-refractivity contribution in [2.45, 2.75) is 70.7 Å². The van der Waals surface area contributed by atoms with Crippen molar-refractivity contribution in [3.05, 3.63) is 102 Å². The van der Waals surface area contributed by atoms with Crippen LogP contribution in [0.4, 0.5) is 4.79 Å². The van der Waals surface area contributed by atoms with Crippen LogP contribution in [0.3, 0.4) is 0 Å². The highest BCUT2D eigenvalue weighted by Crippen LogP contribution is 2.13. The zero-order chi connectivity index (χ0) is 35.1. The molecule has 5 N–H and O–H groups in total. The predicted molar refractivity (Wildman–Crippen MR) is 179 cm³/mol. The van der Waals surface area contributed by atoms with Crippen molar-refractivity contribution in [1.82, 2.24) is 21.3 Å². The highest BCUT2D eigenvalue weighted by Gasteiger charge is 2.31. The van der Waals surface area contributed by atoms with Gasteiger partial charge in [0.2, 0.25) is 17.7 Å². The molecule has 3 atom stereocenters. The number of esters is 1. The molecule has 0 saturated carbocycles. The zero-order valence-corrected chi connectivity index (χ0v) is 27.7. The lowest BCUT2D eigenvalue weighted by molar-refractivity contribution is -0.147. The van der Waals surface area contributed by atoms with Crippen molar-refractivity contribution in [2.75, 3.05) is 13.2 Å². The molecule has 3 rings (SSSR count). The summed E-state index contributed by atoms with van der Waals surface area (Å²) in [6.45, 7) is 6.38. The maximum atomic E-state index is 13.8. The summed E-state index contributed by atoms with van der Waals surface area (Å²) in [6.07, 6.45) is -0.533. The van der Waals surface area contributed by atoms with Crippen LogP contribution >= 0.6 is 0 Å². The van der Waals surface area contributed by atoms with E-state index in [1.165, 1.54) is 12.1 Å². The van der Waals surface area contributed by atoms with Crippen LogP contribution in [-0.2, 0) is 47.9 Å². The first-order chi connectivity index (χ1) is 22.8. The lowest BCUT2D eigenvalue weighted by Crippen LogP contribution is -2.57. The topological polar surface area (TPSA) is 172 Å². The second kappa shape index (κ2) is 18.1. The largest absolute Gasteiger partial charge is 0.508 e. The van der Waals surface area contributed by atoms with Gasteiger partial charge in [0.1, 0.15) is 36.0 Å². The summed E-state index contributed by atoms with van der Waals surface area (Å²) in [5.41, 5.74) is 1.40. The lowest BCUT2D eigenvalue weighted by Gasteiger charge is -2.25. The minimum Gasteiger partial charge on any atom is -0.508 e. The second-order valence-electron chi connectivity index (χ2n) is 12.1. The average Bonchev–Trinajstić information content (AvgIpc) is 3.04. The molecule has 0 aliphatic rings. The first-order valence-corrected chi connectivity index (χ1v) is 15.7. The number of nitrogens with one attached hydrogen (secondary N) is 4. The quantitative estimate of drug-likeness (QED) is 0.155. The van der Waals surface area contributed by atoms with Gasteiger partial charge in [-0.2, -0.15) is 0 Å². The number of rotatable bonds is 15. The maximum absolute atomic E-state index is 13.8. The monoisotopic (exact) mass is 660 g/mol. The molecule has 0 spiro atoms. The number of carbonyl (C=O) groups is 5. The van der Waals surface area contributed by atoms with Gasteiger partial charge in [-0.3, -0.25) is 14.4 Å². The first kappa shape index (κ1) is 37.1. The average molecular weight is 661 g/mol. The van der Waals surface area contributed by atoms with E-state index < -0.39 is 60.1 Å². The molecule has 4 amide bonds. The Labute approximate surface area is 280 Å². The highest BCUT2D eigenvalue weighted by molar-refractivity contribution is 5.94. The SMILES string of the molecule is CCOC(=O)[C@H](Cc1ccc(O)cc1)NC(=O)[C@@H](Cc1ccccc1)NC(=O)[C@H](Cc1ccccc1)NC(=O)CNC(=O)OC(C)(C)C. The summed E-state index contributed by atoms with van der Waals surface area (Å²) in [6, 6.07) is 20.9. The van der Waals surface area contributed by atoms with E-state index in [-0.39, 0.29) is 31.6 Å². The minimum atomic E-state index is -1.15. The van der Waals surface area contributed by atoms with Crippen molar-refractivity contribution < 1.29 is 38.6 Å². The van der Waals surface area contributed by atoms with Crippen molar-refractivity contribution >= 4 is 29.8 Å². The number of ether oxygens (including phenoxy) is 2. The molecule has 0 aliphatic carbocycles. The van der Waals surface area contributed by atoms with Crippen molar-refractivity contribution in [2.24, 2.45) is 0 Å². The number of amides is 4. The van der Waals surface area contributed by atoms with Crippen LogP contribution in [0.2, 0.25) is 0 Å². The van der Waals surface area contributed by atoms with E-state index in [9.17, 15) is 29.1 Å². The predicted octanol–water partition coefficient (Wildman–Crippen LogP) is 2.96. The molecule has 48 heavy (non-hydrogen) atoms. The van der Waals surface area contributed by atoms with Crippen LogP contribution in [0, 0.1) is 0 Å². The Morgan fingerprint density at radius 3 is 1.62 bits per heavy atom. The molecule has 0 unspecified atom stereocenters. The van der Waals surface area contributed by atoms with Crippen LogP contribution in [0.25, 0.3) is 0 Å². The Kier molecular flexibility index (Phi) is 14.0. The third kappa shape index (κ3) is 13.1. The standard InChI is InChI=1S/C36H44N4O8/c1-5-47-34(45)30(22-26-16-18-27(41)19-17-26)40-33(44)29(21-25-14-10-7-11-15-25)39-32(43)28(20-24-12-8-6-9-13-24)38-31(42)23-37-35(46)48-36(2,3)4/h6-19,28-30,41H,5,20-23H2,1-4H3,(H,37,46)(H,38,42)(H,39,43)(H,40,44)/t28-,29+,30-/m0/s1. The van der Waals surface area contributed by atoms with Crippen LogP contribution in [-0.4, -0.2) is 71.8 Å². The van der Waals surface area contributed by atoms with Crippen LogP contribution in [0.15, 0.2) is 84.9 Å². The van der Waals surface area contributed by atoms with Gasteiger partial charge in [0.05, 0.1) is 6.61 Å². The Hall–Kier alpha value is -5.39. The summed E-state index contributed by atoms with van der Waals surface area (Å²) < 4.78 is 10.4. The molecule has 256 valence electrons. The lowest BCUT2D eigenvalue weighted by atomic mass is 10.0. The van der Waals surface area contributed by atoms with Gasteiger partial charge in [-0.05, 0) is 56.5 Å². The first-order valence-electron chi connectivity index (χ1n) is 15.7. The van der Waals surface area contributed by atoms with E-state index in [0.29, 0.717) is 5.56 Å². The Morgan fingerprint density at radius 2 is 1.12 bits per heavy atom. The third-order valence-corrected chi connectivity index (χ3v) is 6.91. The molecular weight excluding hydrogens is 616 g/mol. The van der Waals surface area contributed by atoms with Gasteiger partial charge in [-0.15, -0.1) is 0 Å². The number of aromatic hydroxyl groups is 1. The van der Waals surface area contributed by atoms with Gasteiger partial charge in [-0.25, -0.2) is 9.59 Å². The molecular formula is C36H44N4O8. The molecule has 3 aromatic carbocycles. The number of alkyl carbamates (subject to hydrolysis) is 1. The fourth-order valence-corrected chi connectivity index (χ4v) is 4.68. The fourth-order valence-electron chi connectivity index (χ4n) is 4.68. The summed E-state index contributed by atoms with van der Waals surface area (Å²) in [7, 11) is 0. The van der Waals surface area contributed by atoms with Gasteiger partial charge >= 0.3 is 12.1 Å². The van der Waals surface area contributed by atoms with Crippen molar-refractivity contribution in [3.63, 3.8) is 0 Å². The smallest absolute Gasteiger partial charge is 0.408 e. The third-order valence-electron chi connectivity index (χ3n) is 6.91. The number of benzene rings is 3.